The SMILES string of the molecule is Cc1nc2c(cc1NC(=N)N)CN(C)CC2. The molecule has 4 N–H and O–H groups in total. The highest BCUT2D eigenvalue weighted by Gasteiger charge is 2.16. The average molecular weight is 219 g/mol. The molecule has 2 rings (SSSR count). The van der Waals surface area contributed by atoms with Crippen molar-refractivity contribution in [1.82, 2.24) is 9.88 Å². The Morgan fingerprint density at radius 3 is 3.06 bits per heavy atom. The molecule has 1 aromatic heterocycles. The fraction of sp³-hybridized carbons (Fsp3) is 0.455. The van der Waals surface area contributed by atoms with E-state index in [1.807, 2.05) is 6.92 Å². The van der Waals surface area contributed by atoms with Gasteiger partial charge in [-0.3, -0.25) is 10.4 Å². The summed E-state index contributed by atoms with van der Waals surface area (Å²) in [7, 11) is 2.10. The Bertz CT molecular complexity index is 427. The zero-order chi connectivity index (χ0) is 11.7. The molecule has 0 unspecified atom stereocenters. The Morgan fingerprint density at radius 1 is 1.62 bits per heavy atom. The van der Waals surface area contributed by atoms with E-state index in [1.165, 1.54) is 11.3 Å². The molecule has 0 aromatic carbocycles. The number of aryl methyl sites for hydroxylation is 1. The van der Waals surface area contributed by atoms with E-state index in [9.17, 15) is 0 Å². The Hall–Kier alpha value is -1.62. The maximum Gasteiger partial charge on any atom is 0.190 e. The number of hydrogen-bond acceptors (Lipinski definition) is 3. The van der Waals surface area contributed by atoms with Crippen molar-refractivity contribution in [2.75, 3.05) is 18.9 Å². The lowest BCUT2D eigenvalue weighted by Gasteiger charge is -2.25. The third kappa shape index (κ3) is 2.14. The summed E-state index contributed by atoms with van der Waals surface area (Å²) in [6, 6.07) is 2.05. The molecular weight excluding hydrogens is 202 g/mol. The lowest BCUT2D eigenvalue weighted by Crippen LogP contribution is -2.28. The lowest BCUT2D eigenvalue weighted by molar-refractivity contribution is 0.310. The fourth-order valence-electron chi connectivity index (χ4n) is 1.99. The third-order valence-corrected chi connectivity index (χ3v) is 2.82. The first kappa shape index (κ1) is 10.9. The molecule has 0 radical (unpaired) electrons. The van der Waals surface area contributed by atoms with Crippen LogP contribution in [-0.2, 0) is 13.0 Å². The number of nitrogens with zero attached hydrogens (tertiary/aromatic N) is 2. The summed E-state index contributed by atoms with van der Waals surface area (Å²) in [5.74, 6) is -0.0472. The molecular formula is C11H17N5. The quantitative estimate of drug-likeness (QED) is 0.479. The van der Waals surface area contributed by atoms with Gasteiger partial charge in [-0.2, -0.15) is 0 Å². The first-order valence-corrected chi connectivity index (χ1v) is 5.35. The minimum atomic E-state index is -0.0472. The predicted octanol–water partition coefficient (Wildman–Crippen LogP) is 0.683. The standard InChI is InChI=1S/C11H17N5/c1-7-10(15-11(12)13)5-8-6-16(2)4-3-9(8)14-7/h5H,3-4,6H2,1-2H3,(H4,12,13,15). The van der Waals surface area contributed by atoms with Crippen LogP contribution in [0.25, 0.3) is 0 Å². The highest BCUT2D eigenvalue weighted by Crippen LogP contribution is 2.22. The van der Waals surface area contributed by atoms with Gasteiger partial charge in [-0.25, -0.2) is 0 Å². The third-order valence-electron chi connectivity index (χ3n) is 2.82. The molecule has 0 atom stereocenters. The molecule has 5 heteroatoms. The summed E-state index contributed by atoms with van der Waals surface area (Å²) in [5, 5.41) is 10.1. The zero-order valence-electron chi connectivity index (χ0n) is 9.67. The smallest absolute Gasteiger partial charge is 0.190 e. The van der Waals surface area contributed by atoms with Gasteiger partial charge in [-0.05, 0) is 25.6 Å². The number of nitrogens with one attached hydrogen (secondary N) is 2. The van der Waals surface area contributed by atoms with Gasteiger partial charge in [-0.15, -0.1) is 0 Å². The van der Waals surface area contributed by atoms with Crippen LogP contribution in [0.5, 0.6) is 0 Å². The summed E-state index contributed by atoms with van der Waals surface area (Å²) in [6.07, 6.45) is 0.993. The fourth-order valence-corrected chi connectivity index (χ4v) is 1.99. The summed E-state index contributed by atoms with van der Waals surface area (Å²) < 4.78 is 0. The molecule has 0 saturated carbocycles. The minimum absolute atomic E-state index is 0.0472. The van der Waals surface area contributed by atoms with Gasteiger partial charge in [0, 0.05) is 25.2 Å². The second-order valence-electron chi connectivity index (χ2n) is 4.25. The van der Waals surface area contributed by atoms with Crippen molar-refractivity contribution in [2.24, 2.45) is 5.73 Å². The van der Waals surface area contributed by atoms with Crippen molar-refractivity contribution >= 4 is 11.6 Å². The molecule has 0 spiro atoms. The van der Waals surface area contributed by atoms with E-state index in [0.717, 1.165) is 30.9 Å². The van der Waals surface area contributed by atoms with Crippen molar-refractivity contribution in [3.8, 4) is 0 Å². The van der Waals surface area contributed by atoms with E-state index >= 15 is 0 Å². The largest absolute Gasteiger partial charge is 0.370 e. The van der Waals surface area contributed by atoms with Crippen LogP contribution >= 0.6 is 0 Å². The van der Waals surface area contributed by atoms with Gasteiger partial charge in [0.2, 0.25) is 0 Å². The van der Waals surface area contributed by atoms with Gasteiger partial charge >= 0.3 is 0 Å². The molecule has 1 aliphatic heterocycles. The average Bonchev–Trinajstić information content (AvgIpc) is 2.19. The Balaban J connectivity index is 2.35. The number of aromatic nitrogens is 1. The molecule has 86 valence electrons. The van der Waals surface area contributed by atoms with E-state index < -0.39 is 0 Å². The topological polar surface area (TPSA) is 78.0 Å². The van der Waals surface area contributed by atoms with E-state index in [1.54, 1.807) is 0 Å². The van der Waals surface area contributed by atoms with Gasteiger partial charge in [0.15, 0.2) is 5.96 Å². The van der Waals surface area contributed by atoms with Crippen LogP contribution in [0.1, 0.15) is 17.0 Å². The van der Waals surface area contributed by atoms with Crippen LogP contribution in [0.15, 0.2) is 6.07 Å². The molecule has 16 heavy (non-hydrogen) atoms. The molecule has 0 bridgehead atoms. The van der Waals surface area contributed by atoms with Gasteiger partial charge in [-0.1, -0.05) is 0 Å². The number of nitrogens with two attached hydrogens (primary N) is 1. The number of rotatable bonds is 1. The van der Waals surface area contributed by atoms with Crippen LogP contribution in [0.3, 0.4) is 0 Å². The maximum atomic E-state index is 7.24. The Morgan fingerprint density at radius 2 is 2.38 bits per heavy atom. The molecule has 1 aliphatic rings. The highest BCUT2D eigenvalue weighted by atomic mass is 15.1. The number of fused-ring (bicyclic) bond motifs is 1. The summed E-state index contributed by atoms with van der Waals surface area (Å²) in [4.78, 5) is 6.82. The summed E-state index contributed by atoms with van der Waals surface area (Å²) in [5.41, 5.74) is 9.46. The number of pyridine rings is 1. The van der Waals surface area contributed by atoms with Crippen molar-refractivity contribution in [3.63, 3.8) is 0 Å². The first-order valence-electron chi connectivity index (χ1n) is 5.35. The monoisotopic (exact) mass is 219 g/mol. The van der Waals surface area contributed by atoms with Crippen LogP contribution in [-0.4, -0.2) is 29.4 Å². The number of guanidine groups is 1. The predicted molar refractivity (Wildman–Crippen MR) is 64.5 cm³/mol. The number of likely N-dealkylation sites (N-methyl/N-ethyl adjacent to an activating group) is 1. The van der Waals surface area contributed by atoms with Crippen LogP contribution in [0.2, 0.25) is 0 Å². The normalized spacial score (nSPS) is 15.6. The number of hydrogen-bond donors (Lipinski definition) is 3. The molecule has 0 amide bonds. The second kappa shape index (κ2) is 4.09. The minimum Gasteiger partial charge on any atom is -0.370 e. The molecule has 0 aliphatic carbocycles. The number of anilines is 1. The van der Waals surface area contributed by atoms with Gasteiger partial charge in [0.25, 0.3) is 0 Å². The maximum absolute atomic E-state index is 7.24. The molecule has 1 aromatic rings. The van der Waals surface area contributed by atoms with Crippen LogP contribution in [0, 0.1) is 12.3 Å². The zero-order valence-corrected chi connectivity index (χ0v) is 9.67. The van der Waals surface area contributed by atoms with Crippen LogP contribution in [0.4, 0.5) is 5.69 Å². The van der Waals surface area contributed by atoms with Gasteiger partial charge in [0.05, 0.1) is 11.4 Å². The van der Waals surface area contributed by atoms with Crippen molar-refractivity contribution < 1.29 is 0 Å². The molecule has 0 saturated heterocycles. The van der Waals surface area contributed by atoms with E-state index in [4.69, 9.17) is 11.1 Å². The summed E-state index contributed by atoms with van der Waals surface area (Å²) in [6.45, 7) is 3.90. The van der Waals surface area contributed by atoms with E-state index in [2.05, 4.69) is 28.3 Å². The van der Waals surface area contributed by atoms with E-state index in [-0.39, 0.29) is 5.96 Å². The van der Waals surface area contributed by atoms with Gasteiger partial charge in [0.1, 0.15) is 0 Å². The summed E-state index contributed by atoms with van der Waals surface area (Å²) >= 11 is 0. The van der Waals surface area contributed by atoms with Crippen molar-refractivity contribution in [3.05, 3.63) is 23.0 Å². The second-order valence-corrected chi connectivity index (χ2v) is 4.25. The lowest BCUT2D eigenvalue weighted by atomic mass is 10.0. The first-order chi connectivity index (χ1) is 7.56. The molecule has 2 heterocycles. The highest BCUT2D eigenvalue weighted by molar-refractivity contribution is 5.90. The van der Waals surface area contributed by atoms with Crippen LogP contribution < -0.4 is 11.1 Å². The van der Waals surface area contributed by atoms with Gasteiger partial charge < -0.3 is 16.0 Å². The van der Waals surface area contributed by atoms with Crippen molar-refractivity contribution in [2.45, 2.75) is 19.9 Å². The van der Waals surface area contributed by atoms with Crippen molar-refractivity contribution in [1.29, 1.82) is 5.41 Å². The Kier molecular flexibility index (Phi) is 2.78. The molecule has 0 fully saturated rings. The van der Waals surface area contributed by atoms with E-state index in [0.29, 0.717) is 0 Å². The Labute approximate surface area is 95.2 Å². The molecule has 5 nitrogen and oxygen atoms in total.